The number of ether oxygens (including phenoxy) is 1. The van der Waals surface area contributed by atoms with Crippen LogP contribution in [0.2, 0.25) is 0 Å². The lowest BCUT2D eigenvalue weighted by Gasteiger charge is -2.18. The number of carbonyl (C=O) groups is 1. The van der Waals surface area contributed by atoms with E-state index in [-0.39, 0.29) is 17.9 Å². The van der Waals surface area contributed by atoms with Gasteiger partial charge in [-0.1, -0.05) is 48.5 Å². The first-order valence-electron chi connectivity index (χ1n) is 8.23. The SMILES string of the molecule is COC(=O)[C@@H](C)[NH2+]C[C@@H](c1ccccc1)c1c[nH]c2ccccc12. The lowest BCUT2D eigenvalue weighted by molar-refractivity contribution is -0.676. The zero-order valence-corrected chi connectivity index (χ0v) is 14.0. The Morgan fingerprint density at radius 2 is 1.83 bits per heavy atom. The Labute approximate surface area is 141 Å². The summed E-state index contributed by atoms with van der Waals surface area (Å²) in [4.78, 5) is 15.1. The number of nitrogens with one attached hydrogen (secondary N) is 1. The van der Waals surface area contributed by atoms with E-state index < -0.39 is 0 Å². The van der Waals surface area contributed by atoms with Crippen molar-refractivity contribution >= 4 is 16.9 Å². The van der Waals surface area contributed by atoms with Crippen LogP contribution in [-0.2, 0) is 9.53 Å². The number of aromatic amines is 1. The minimum absolute atomic E-state index is 0.194. The van der Waals surface area contributed by atoms with Gasteiger partial charge in [-0.25, -0.2) is 4.79 Å². The number of hydrogen-bond donors (Lipinski definition) is 2. The lowest BCUT2D eigenvalue weighted by atomic mass is 9.90. The molecular formula is C20H23N2O2+. The molecule has 1 heterocycles. The van der Waals surface area contributed by atoms with Gasteiger partial charge in [0.2, 0.25) is 0 Å². The van der Waals surface area contributed by atoms with Crippen molar-refractivity contribution in [2.75, 3.05) is 13.7 Å². The van der Waals surface area contributed by atoms with Crippen molar-refractivity contribution in [2.45, 2.75) is 18.9 Å². The van der Waals surface area contributed by atoms with Gasteiger partial charge in [-0.15, -0.1) is 0 Å². The molecule has 3 rings (SSSR count). The monoisotopic (exact) mass is 323 g/mol. The van der Waals surface area contributed by atoms with Gasteiger partial charge in [-0.05, 0) is 24.1 Å². The molecule has 4 nitrogen and oxygen atoms in total. The summed E-state index contributed by atoms with van der Waals surface area (Å²) >= 11 is 0. The highest BCUT2D eigenvalue weighted by molar-refractivity contribution is 5.84. The van der Waals surface area contributed by atoms with Crippen molar-refractivity contribution in [3.05, 3.63) is 71.9 Å². The Morgan fingerprint density at radius 1 is 1.12 bits per heavy atom. The molecule has 3 aromatic rings. The van der Waals surface area contributed by atoms with Gasteiger partial charge in [0, 0.05) is 17.1 Å². The van der Waals surface area contributed by atoms with Crippen molar-refractivity contribution in [1.29, 1.82) is 0 Å². The van der Waals surface area contributed by atoms with Crippen molar-refractivity contribution in [3.8, 4) is 0 Å². The van der Waals surface area contributed by atoms with Crippen molar-refractivity contribution in [3.63, 3.8) is 0 Å². The number of quaternary nitrogens is 1. The first-order valence-corrected chi connectivity index (χ1v) is 8.23. The van der Waals surface area contributed by atoms with E-state index in [4.69, 9.17) is 4.74 Å². The first kappa shape index (κ1) is 16.3. The van der Waals surface area contributed by atoms with Crippen LogP contribution in [0.5, 0.6) is 0 Å². The zero-order chi connectivity index (χ0) is 16.9. The number of aromatic nitrogens is 1. The predicted molar refractivity (Wildman–Crippen MR) is 94.9 cm³/mol. The number of benzene rings is 2. The molecule has 0 amide bonds. The number of carbonyl (C=O) groups excluding carboxylic acids is 1. The zero-order valence-electron chi connectivity index (χ0n) is 14.0. The maximum absolute atomic E-state index is 11.7. The second-order valence-corrected chi connectivity index (χ2v) is 6.04. The number of rotatable bonds is 6. The van der Waals surface area contributed by atoms with E-state index in [9.17, 15) is 4.79 Å². The molecule has 0 spiro atoms. The van der Waals surface area contributed by atoms with Crippen LogP contribution < -0.4 is 5.32 Å². The number of fused-ring (bicyclic) bond motifs is 1. The molecule has 0 unspecified atom stereocenters. The summed E-state index contributed by atoms with van der Waals surface area (Å²) in [5.74, 6) is 0.00944. The second kappa shape index (κ2) is 7.32. The highest BCUT2D eigenvalue weighted by atomic mass is 16.5. The molecule has 2 atom stereocenters. The molecule has 2 aromatic carbocycles. The van der Waals surface area contributed by atoms with E-state index >= 15 is 0 Å². The van der Waals surface area contributed by atoms with Gasteiger partial charge in [0.05, 0.1) is 19.6 Å². The maximum Gasteiger partial charge on any atom is 0.364 e. The van der Waals surface area contributed by atoms with Crippen LogP contribution in [0.3, 0.4) is 0 Å². The smallest absolute Gasteiger partial charge is 0.364 e. The van der Waals surface area contributed by atoms with Crippen LogP contribution in [0.1, 0.15) is 24.0 Å². The number of para-hydroxylation sites is 1. The van der Waals surface area contributed by atoms with Gasteiger partial charge < -0.3 is 15.0 Å². The van der Waals surface area contributed by atoms with E-state index in [1.165, 1.54) is 23.6 Å². The third-order valence-electron chi connectivity index (χ3n) is 4.50. The first-order chi connectivity index (χ1) is 11.7. The summed E-state index contributed by atoms with van der Waals surface area (Å²) in [5.41, 5.74) is 3.63. The summed E-state index contributed by atoms with van der Waals surface area (Å²) in [5, 5.41) is 3.27. The molecule has 1 aromatic heterocycles. The summed E-state index contributed by atoms with van der Waals surface area (Å²) in [6.07, 6.45) is 2.08. The number of H-pyrrole nitrogens is 1. The van der Waals surface area contributed by atoms with Crippen LogP contribution in [0.25, 0.3) is 10.9 Å². The fraction of sp³-hybridized carbons (Fsp3) is 0.250. The average Bonchev–Trinajstić information content (AvgIpc) is 3.06. The highest BCUT2D eigenvalue weighted by Gasteiger charge is 2.23. The molecule has 3 N–H and O–H groups in total. The van der Waals surface area contributed by atoms with E-state index in [0.717, 1.165) is 12.1 Å². The molecule has 0 aliphatic carbocycles. The summed E-state index contributed by atoms with van der Waals surface area (Å²) < 4.78 is 4.83. The van der Waals surface area contributed by atoms with E-state index in [2.05, 4.69) is 53.6 Å². The third kappa shape index (κ3) is 3.34. The standard InChI is InChI=1S/C20H22N2O2/c1-14(20(23)24-2)21-12-17(15-8-4-3-5-9-15)18-13-22-19-11-7-6-10-16(18)19/h3-11,13-14,17,21-22H,12H2,1-2H3/p+1/t14-,17+/m1/s1. The number of nitrogens with two attached hydrogens (primary N) is 1. The molecule has 4 heteroatoms. The Hall–Kier alpha value is -2.59. The van der Waals surface area contributed by atoms with Gasteiger partial charge in [0.15, 0.2) is 6.04 Å². The number of esters is 1. The third-order valence-corrected chi connectivity index (χ3v) is 4.50. The van der Waals surface area contributed by atoms with E-state index in [0.29, 0.717) is 0 Å². The lowest BCUT2D eigenvalue weighted by Crippen LogP contribution is -2.92. The number of hydrogen-bond acceptors (Lipinski definition) is 2. The summed E-state index contributed by atoms with van der Waals surface area (Å²) in [6, 6.07) is 18.5. The van der Waals surface area contributed by atoms with Crippen LogP contribution in [0.15, 0.2) is 60.8 Å². The Bertz CT molecular complexity index is 811. The molecular weight excluding hydrogens is 300 g/mol. The molecule has 0 aliphatic rings. The fourth-order valence-corrected chi connectivity index (χ4v) is 3.13. The number of methoxy groups -OCH3 is 1. The van der Waals surface area contributed by atoms with Crippen molar-refractivity contribution in [2.24, 2.45) is 0 Å². The average molecular weight is 323 g/mol. The minimum Gasteiger partial charge on any atom is -0.465 e. The van der Waals surface area contributed by atoms with Crippen LogP contribution in [0, 0.1) is 0 Å². The predicted octanol–water partition coefficient (Wildman–Crippen LogP) is 2.42. The van der Waals surface area contributed by atoms with Gasteiger partial charge in [-0.3, -0.25) is 0 Å². The molecule has 0 bridgehead atoms. The molecule has 0 saturated carbocycles. The quantitative estimate of drug-likeness (QED) is 0.685. The van der Waals surface area contributed by atoms with Gasteiger partial charge >= 0.3 is 5.97 Å². The summed E-state index contributed by atoms with van der Waals surface area (Å²) in [7, 11) is 1.43. The molecule has 0 fully saturated rings. The maximum atomic E-state index is 11.7. The second-order valence-electron chi connectivity index (χ2n) is 6.04. The van der Waals surface area contributed by atoms with Crippen molar-refractivity contribution in [1.82, 2.24) is 4.98 Å². The van der Waals surface area contributed by atoms with Gasteiger partial charge in [-0.2, -0.15) is 0 Å². The largest absolute Gasteiger partial charge is 0.465 e. The summed E-state index contributed by atoms with van der Waals surface area (Å²) in [6.45, 7) is 2.66. The van der Waals surface area contributed by atoms with Crippen molar-refractivity contribution < 1.29 is 14.8 Å². The van der Waals surface area contributed by atoms with Crippen LogP contribution in [0.4, 0.5) is 0 Å². The molecule has 0 aliphatic heterocycles. The molecule has 24 heavy (non-hydrogen) atoms. The highest BCUT2D eigenvalue weighted by Crippen LogP contribution is 2.29. The van der Waals surface area contributed by atoms with Crippen LogP contribution in [-0.4, -0.2) is 30.6 Å². The van der Waals surface area contributed by atoms with Gasteiger partial charge in [0.25, 0.3) is 0 Å². The Kier molecular flexibility index (Phi) is 4.96. The van der Waals surface area contributed by atoms with Crippen LogP contribution >= 0.6 is 0 Å². The minimum atomic E-state index is -0.216. The van der Waals surface area contributed by atoms with E-state index in [1.54, 1.807) is 0 Å². The molecule has 0 radical (unpaired) electrons. The molecule has 0 saturated heterocycles. The van der Waals surface area contributed by atoms with Gasteiger partial charge in [0.1, 0.15) is 0 Å². The Balaban J connectivity index is 1.92. The molecule has 124 valence electrons. The van der Waals surface area contributed by atoms with E-state index in [1.807, 2.05) is 24.4 Å². The fourth-order valence-electron chi connectivity index (χ4n) is 3.13. The topological polar surface area (TPSA) is 58.7 Å². The normalized spacial score (nSPS) is 13.6. The Morgan fingerprint density at radius 3 is 2.58 bits per heavy atom.